The molecule has 0 saturated heterocycles. The van der Waals surface area contributed by atoms with Gasteiger partial charge in [-0.2, -0.15) is 0 Å². The summed E-state index contributed by atoms with van der Waals surface area (Å²) in [7, 11) is 2.73. The topological polar surface area (TPSA) is 88.1 Å². The Hall–Kier alpha value is -1.29. The van der Waals surface area contributed by atoms with Crippen LogP contribution in [0.2, 0.25) is 5.02 Å². The van der Waals surface area contributed by atoms with Crippen molar-refractivity contribution in [2.24, 2.45) is 0 Å². The number of ether oxygens (including phenoxy) is 2. The lowest BCUT2D eigenvalue weighted by atomic mass is 10.2. The van der Waals surface area contributed by atoms with E-state index in [2.05, 4.69) is 37.2 Å². The van der Waals surface area contributed by atoms with Crippen molar-refractivity contribution in [3.05, 3.63) is 31.3 Å². The molecule has 0 bridgehead atoms. The van der Waals surface area contributed by atoms with E-state index in [9.17, 15) is 9.59 Å². The maximum absolute atomic E-state index is 12.6. The second kappa shape index (κ2) is 8.39. The Labute approximate surface area is 166 Å². The van der Waals surface area contributed by atoms with E-state index >= 15 is 0 Å². The average Bonchev–Trinajstić information content (AvgIpc) is 2.87. The summed E-state index contributed by atoms with van der Waals surface area (Å²) in [6.07, 6.45) is 0. The summed E-state index contributed by atoms with van der Waals surface area (Å²) in [6.45, 7) is -0.0790. The van der Waals surface area contributed by atoms with E-state index in [1.54, 1.807) is 6.07 Å². The number of aliphatic hydroxyl groups excluding tert-OH is 1. The summed E-state index contributed by atoms with van der Waals surface area (Å²) >= 11 is 13.0. The first-order valence-corrected chi connectivity index (χ1v) is 9.02. The van der Waals surface area contributed by atoms with Gasteiger partial charge < -0.3 is 24.8 Å². The predicted molar refractivity (Wildman–Crippen MR) is 99.7 cm³/mol. The van der Waals surface area contributed by atoms with Crippen LogP contribution in [0.1, 0.15) is 0 Å². The molecule has 1 amide bonds. The van der Waals surface area contributed by atoms with Crippen LogP contribution in [0.15, 0.2) is 26.3 Å². The van der Waals surface area contributed by atoms with Gasteiger partial charge in [0.1, 0.15) is 11.4 Å². The number of anilines is 1. The number of nitrogens with zero attached hydrogens (tertiary/aromatic N) is 1. The molecule has 1 aliphatic rings. The van der Waals surface area contributed by atoms with Gasteiger partial charge in [-0.05, 0) is 37.9 Å². The largest absolute Gasteiger partial charge is 0.494 e. The zero-order chi connectivity index (χ0) is 18.7. The zero-order valence-electron chi connectivity index (χ0n) is 13.4. The Bertz CT molecular complexity index is 754. The van der Waals surface area contributed by atoms with Gasteiger partial charge in [0.2, 0.25) is 0 Å². The fourth-order valence-electron chi connectivity index (χ4n) is 2.35. The van der Waals surface area contributed by atoms with Gasteiger partial charge in [0.25, 0.3) is 5.91 Å². The number of amides is 1. The number of methoxy groups -OCH3 is 2. The van der Waals surface area contributed by atoms with Gasteiger partial charge in [-0.15, -0.1) is 0 Å². The van der Waals surface area contributed by atoms with Gasteiger partial charge in [-0.3, -0.25) is 4.79 Å². The normalized spacial score (nSPS) is 14.2. The number of rotatable bonds is 6. The number of hydrogen-bond acceptors (Lipinski definition) is 6. The van der Waals surface area contributed by atoms with Crippen LogP contribution in [0.25, 0.3) is 0 Å². The molecule has 2 rings (SSSR count). The fraction of sp³-hybridized carbons (Fsp3) is 0.333. The Balaban J connectivity index is 2.49. The van der Waals surface area contributed by atoms with Gasteiger partial charge in [-0.25, -0.2) is 4.79 Å². The number of esters is 1. The third-order valence-electron chi connectivity index (χ3n) is 3.54. The number of aliphatic hydroxyl groups is 1. The molecule has 0 atom stereocenters. The minimum absolute atomic E-state index is 0.0390. The van der Waals surface area contributed by atoms with E-state index in [4.69, 9.17) is 26.2 Å². The number of halogens is 3. The number of nitrogens with one attached hydrogen (secondary N) is 1. The molecule has 1 aliphatic heterocycles. The van der Waals surface area contributed by atoms with E-state index in [-0.39, 0.29) is 31.0 Å². The standard InChI is InChI=1S/C15H15Br2ClN2O5/c1-24-13-8(16)5-9(18)12(10(13)17)19-11-7(15(23)25-2)6-20(3-4-21)14(11)22/h5,19,21H,3-4,6H2,1-2H3. The van der Waals surface area contributed by atoms with E-state index < -0.39 is 11.9 Å². The summed E-state index contributed by atoms with van der Waals surface area (Å²) in [5, 5.41) is 12.3. The molecule has 136 valence electrons. The smallest absolute Gasteiger partial charge is 0.337 e. The SMILES string of the molecule is COC(=O)C1=C(Nc2c(Cl)cc(Br)c(OC)c2Br)C(=O)N(CCO)C1. The molecule has 0 fully saturated rings. The van der Waals surface area contributed by atoms with E-state index in [1.165, 1.54) is 19.1 Å². The minimum Gasteiger partial charge on any atom is -0.494 e. The third kappa shape index (κ3) is 3.94. The minimum atomic E-state index is -0.632. The van der Waals surface area contributed by atoms with Crippen molar-refractivity contribution in [2.75, 3.05) is 39.2 Å². The summed E-state index contributed by atoms with van der Waals surface area (Å²) in [5.41, 5.74) is 0.579. The first kappa shape index (κ1) is 20.0. The Morgan fingerprint density at radius 2 is 2.12 bits per heavy atom. The van der Waals surface area contributed by atoms with Gasteiger partial charge in [-0.1, -0.05) is 11.6 Å². The van der Waals surface area contributed by atoms with Crippen molar-refractivity contribution in [3.8, 4) is 5.75 Å². The van der Waals surface area contributed by atoms with Crippen LogP contribution in [0, 0.1) is 0 Å². The van der Waals surface area contributed by atoms with Gasteiger partial charge in [0, 0.05) is 6.54 Å². The van der Waals surface area contributed by atoms with E-state index in [1.807, 2.05) is 0 Å². The summed E-state index contributed by atoms with van der Waals surface area (Å²) in [6, 6.07) is 1.61. The molecule has 0 unspecified atom stereocenters. The molecule has 0 spiro atoms. The molecule has 0 saturated carbocycles. The molecular weight excluding hydrogens is 483 g/mol. The molecule has 1 heterocycles. The second-order valence-electron chi connectivity index (χ2n) is 4.98. The first-order valence-electron chi connectivity index (χ1n) is 7.05. The maximum Gasteiger partial charge on any atom is 0.337 e. The summed E-state index contributed by atoms with van der Waals surface area (Å²) in [5.74, 6) is -0.586. The Morgan fingerprint density at radius 1 is 1.44 bits per heavy atom. The van der Waals surface area contributed by atoms with Crippen LogP contribution in [-0.2, 0) is 14.3 Å². The summed E-state index contributed by atoms with van der Waals surface area (Å²) < 4.78 is 11.1. The Morgan fingerprint density at radius 3 is 2.68 bits per heavy atom. The van der Waals surface area contributed by atoms with Crippen LogP contribution >= 0.6 is 43.5 Å². The van der Waals surface area contributed by atoms with Crippen molar-refractivity contribution in [1.82, 2.24) is 4.90 Å². The van der Waals surface area contributed by atoms with Crippen LogP contribution in [0.5, 0.6) is 5.75 Å². The highest BCUT2D eigenvalue weighted by atomic mass is 79.9. The highest BCUT2D eigenvalue weighted by molar-refractivity contribution is 9.11. The number of hydrogen-bond donors (Lipinski definition) is 2. The predicted octanol–water partition coefficient (Wildman–Crippen LogP) is 2.55. The highest BCUT2D eigenvalue weighted by Gasteiger charge is 2.35. The molecule has 25 heavy (non-hydrogen) atoms. The second-order valence-corrected chi connectivity index (χ2v) is 7.04. The number of benzene rings is 1. The molecule has 1 aromatic rings. The lowest BCUT2D eigenvalue weighted by Gasteiger charge is -2.17. The van der Waals surface area contributed by atoms with Crippen molar-refractivity contribution < 1.29 is 24.2 Å². The third-order valence-corrected chi connectivity index (χ3v) is 5.18. The van der Waals surface area contributed by atoms with Gasteiger partial charge in [0.05, 0.1) is 52.6 Å². The molecule has 0 aromatic heterocycles. The molecule has 0 radical (unpaired) electrons. The van der Waals surface area contributed by atoms with Crippen molar-refractivity contribution >= 4 is 61.0 Å². The Kier molecular flexibility index (Phi) is 6.72. The molecule has 0 aliphatic carbocycles. The number of β-amino-alcohol motifs (C(OH)–C–C–N with tert-alkyl or cyclic N) is 1. The molecule has 7 nitrogen and oxygen atoms in total. The summed E-state index contributed by atoms with van der Waals surface area (Å²) in [4.78, 5) is 25.9. The number of carbonyl (C=O) groups is 2. The van der Waals surface area contributed by atoms with Crippen molar-refractivity contribution in [1.29, 1.82) is 0 Å². The monoisotopic (exact) mass is 496 g/mol. The quantitative estimate of drug-likeness (QED) is 0.587. The van der Waals surface area contributed by atoms with Crippen LogP contribution in [0.4, 0.5) is 5.69 Å². The van der Waals surface area contributed by atoms with Gasteiger partial charge >= 0.3 is 5.97 Å². The van der Waals surface area contributed by atoms with E-state index in [0.717, 1.165) is 0 Å². The average molecular weight is 499 g/mol. The molecule has 1 aromatic carbocycles. The van der Waals surface area contributed by atoms with Crippen molar-refractivity contribution in [2.45, 2.75) is 0 Å². The fourth-order valence-corrected chi connectivity index (χ4v) is 4.39. The molecule has 2 N–H and O–H groups in total. The molecule has 10 heteroatoms. The number of carbonyl (C=O) groups excluding carboxylic acids is 2. The van der Waals surface area contributed by atoms with E-state index in [0.29, 0.717) is 25.4 Å². The lowest BCUT2D eigenvalue weighted by Crippen LogP contribution is -2.31. The maximum atomic E-state index is 12.6. The van der Waals surface area contributed by atoms with Gasteiger partial charge in [0.15, 0.2) is 0 Å². The first-order chi connectivity index (χ1) is 11.8. The zero-order valence-corrected chi connectivity index (χ0v) is 17.3. The van der Waals surface area contributed by atoms with Crippen LogP contribution in [0.3, 0.4) is 0 Å². The van der Waals surface area contributed by atoms with Crippen molar-refractivity contribution in [3.63, 3.8) is 0 Å². The van der Waals surface area contributed by atoms with Crippen LogP contribution in [-0.4, -0.2) is 55.8 Å². The van der Waals surface area contributed by atoms with Crippen LogP contribution < -0.4 is 10.1 Å². The molecular formula is C15H15Br2ClN2O5. The highest BCUT2D eigenvalue weighted by Crippen LogP contribution is 2.44. The lowest BCUT2D eigenvalue weighted by molar-refractivity contribution is -0.136.